The van der Waals surface area contributed by atoms with E-state index in [9.17, 15) is 13.5 Å². The fraction of sp³-hybridized carbons (Fsp3) is 0.818. The Bertz CT molecular complexity index is 360. The highest BCUT2D eigenvalue weighted by molar-refractivity contribution is 7.86. The van der Waals surface area contributed by atoms with Crippen LogP contribution in [0.25, 0.3) is 0 Å². The standard InChI is InChI=1S/C11H20O5S/c1-3-4-5-15-8-9-6-10(7-11(9)12)16-17(2,13)14/h6,10-12H,3-5,7-8H2,1-2H3/t10-,11-/m0/s1. The van der Waals surface area contributed by atoms with Crippen LogP contribution in [-0.4, -0.2) is 45.2 Å². The maximum absolute atomic E-state index is 10.9. The van der Waals surface area contributed by atoms with Gasteiger partial charge in [0.05, 0.1) is 25.1 Å². The summed E-state index contributed by atoms with van der Waals surface area (Å²) in [6.07, 6.45) is 3.72. The van der Waals surface area contributed by atoms with E-state index in [1.807, 2.05) is 0 Å². The first-order valence-electron chi connectivity index (χ1n) is 5.77. The molecule has 0 radical (unpaired) electrons. The average molecular weight is 264 g/mol. The molecule has 5 nitrogen and oxygen atoms in total. The van der Waals surface area contributed by atoms with Gasteiger partial charge in [0.2, 0.25) is 0 Å². The molecule has 100 valence electrons. The van der Waals surface area contributed by atoms with Gasteiger partial charge < -0.3 is 9.84 Å². The third kappa shape index (κ3) is 5.63. The Labute approximate surface area is 103 Å². The molecule has 0 unspecified atom stereocenters. The molecule has 0 bridgehead atoms. The van der Waals surface area contributed by atoms with E-state index >= 15 is 0 Å². The molecule has 0 aromatic rings. The van der Waals surface area contributed by atoms with Crippen LogP contribution in [-0.2, 0) is 19.0 Å². The van der Waals surface area contributed by atoms with Crippen LogP contribution in [0.15, 0.2) is 11.6 Å². The zero-order chi connectivity index (χ0) is 12.9. The number of hydrogen-bond acceptors (Lipinski definition) is 5. The van der Waals surface area contributed by atoms with Crippen molar-refractivity contribution in [3.8, 4) is 0 Å². The van der Waals surface area contributed by atoms with Gasteiger partial charge in [-0.1, -0.05) is 19.4 Å². The van der Waals surface area contributed by atoms with Gasteiger partial charge in [-0.05, 0) is 12.0 Å². The van der Waals surface area contributed by atoms with E-state index in [0.717, 1.165) is 19.1 Å². The smallest absolute Gasteiger partial charge is 0.264 e. The van der Waals surface area contributed by atoms with Crippen molar-refractivity contribution < 1.29 is 22.4 Å². The van der Waals surface area contributed by atoms with Crippen molar-refractivity contribution in [3.05, 3.63) is 11.6 Å². The summed E-state index contributed by atoms with van der Waals surface area (Å²) in [5.41, 5.74) is 0.703. The first-order valence-corrected chi connectivity index (χ1v) is 7.58. The third-order valence-electron chi connectivity index (χ3n) is 2.49. The number of aliphatic hydroxyl groups is 1. The maximum Gasteiger partial charge on any atom is 0.264 e. The molecule has 0 saturated carbocycles. The van der Waals surface area contributed by atoms with Crippen LogP contribution in [0.2, 0.25) is 0 Å². The summed E-state index contributed by atoms with van der Waals surface area (Å²) in [6, 6.07) is 0. The summed E-state index contributed by atoms with van der Waals surface area (Å²) < 4.78 is 32.1. The molecule has 1 N–H and O–H groups in total. The van der Waals surface area contributed by atoms with Crippen molar-refractivity contribution in [2.75, 3.05) is 19.5 Å². The summed E-state index contributed by atoms with van der Waals surface area (Å²) in [7, 11) is -3.48. The molecule has 2 atom stereocenters. The van der Waals surface area contributed by atoms with Crippen LogP contribution in [0.4, 0.5) is 0 Å². The van der Waals surface area contributed by atoms with Crippen LogP contribution in [0.1, 0.15) is 26.2 Å². The first kappa shape index (κ1) is 14.6. The van der Waals surface area contributed by atoms with Gasteiger partial charge in [-0.2, -0.15) is 8.42 Å². The highest BCUT2D eigenvalue weighted by Crippen LogP contribution is 2.23. The fourth-order valence-electron chi connectivity index (χ4n) is 1.66. The van der Waals surface area contributed by atoms with Gasteiger partial charge in [-0.15, -0.1) is 0 Å². The molecular formula is C11H20O5S. The normalized spacial score (nSPS) is 25.0. The summed E-state index contributed by atoms with van der Waals surface area (Å²) in [4.78, 5) is 0. The van der Waals surface area contributed by atoms with Crippen LogP contribution in [0, 0.1) is 0 Å². The van der Waals surface area contributed by atoms with Gasteiger partial charge in [0.1, 0.15) is 0 Å². The van der Waals surface area contributed by atoms with Gasteiger partial charge >= 0.3 is 0 Å². The van der Waals surface area contributed by atoms with Gasteiger partial charge in [-0.25, -0.2) is 0 Å². The van der Waals surface area contributed by atoms with E-state index < -0.39 is 22.3 Å². The minimum Gasteiger partial charge on any atom is -0.389 e. The van der Waals surface area contributed by atoms with Crippen molar-refractivity contribution in [2.24, 2.45) is 0 Å². The molecule has 1 aliphatic carbocycles. The van der Waals surface area contributed by atoms with E-state index in [-0.39, 0.29) is 6.42 Å². The highest BCUT2D eigenvalue weighted by Gasteiger charge is 2.27. The maximum atomic E-state index is 10.9. The number of rotatable bonds is 7. The van der Waals surface area contributed by atoms with Crippen LogP contribution in [0.3, 0.4) is 0 Å². The Morgan fingerprint density at radius 1 is 1.53 bits per heavy atom. The molecule has 0 saturated heterocycles. The van der Waals surface area contributed by atoms with Crippen LogP contribution >= 0.6 is 0 Å². The Morgan fingerprint density at radius 3 is 2.82 bits per heavy atom. The second kappa shape index (κ2) is 6.49. The minimum atomic E-state index is -3.48. The largest absolute Gasteiger partial charge is 0.389 e. The van der Waals surface area contributed by atoms with E-state index in [4.69, 9.17) is 8.92 Å². The molecule has 0 fully saturated rings. The third-order valence-corrected chi connectivity index (χ3v) is 3.09. The van der Waals surface area contributed by atoms with Crippen molar-refractivity contribution in [1.82, 2.24) is 0 Å². The van der Waals surface area contributed by atoms with Crippen molar-refractivity contribution in [3.63, 3.8) is 0 Å². The monoisotopic (exact) mass is 264 g/mol. The lowest BCUT2D eigenvalue weighted by Gasteiger charge is -2.09. The summed E-state index contributed by atoms with van der Waals surface area (Å²) >= 11 is 0. The molecule has 1 rings (SSSR count). The predicted molar refractivity (Wildman–Crippen MR) is 64.2 cm³/mol. The quantitative estimate of drug-likeness (QED) is 0.419. The van der Waals surface area contributed by atoms with Gasteiger partial charge in [0, 0.05) is 13.0 Å². The fourth-order valence-corrected chi connectivity index (χ4v) is 2.24. The van der Waals surface area contributed by atoms with Gasteiger partial charge in [0.15, 0.2) is 0 Å². The zero-order valence-corrected chi connectivity index (χ0v) is 11.1. The molecular weight excluding hydrogens is 244 g/mol. The summed E-state index contributed by atoms with van der Waals surface area (Å²) in [5.74, 6) is 0. The zero-order valence-electron chi connectivity index (χ0n) is 10.3. The molecule has 0 aromatic carbocycles. The summed E-state index contributed by atoms with van der Waals surface area (Å²) in [6.45, 7) is 3.06. The highest BCUT2D eigenvalue weighted by atomic mass is 32.2. The molecule has 17 heavy (non-hydrogen) atoms. The average Bonchev–Trinajstić information content (AvgIpc) is 2.51. The van der Waals surface area contributed by atoms with E-state index in [1.54, 1.807) is 6.08 Å². The predicted octanol–water partition coefficient (Wildman–Crippen LogP) is 0.839. The van der Waals surface area contributed by atoms with Crippen molar-refractivity contribution >= 4 is 10.1 Å². The number of aliphatic hydroxyl groups excluding tert-OH is 1. The molecule has 1 aliphatic rings. The second-order valence-corrected chi connectivity index (χ2v) is 5.84. The van der Waals surface area contributed by atoms with E-state index in [1.165, 1.54) is 0 Å². The summed E-state index contributed by atoms with van der Waals surface area (Å²) in [5, 5.41) is 9.69. The second-order valence-electron chi connectivity index (χ2n) is 4.24. The molecule has 0 aliphatic heterocycles. The molecule has 0 heterocycles. The SMILES string of the molecule is CCCCOCC1=C[C@H](OS(C)(=O)=O)C[C@@H]1O. The van der Waals surface area contributed by atoms with Gasteiger partial charge in [-0.3, -0.25) is 4.18 Å². The number of ether oxygens (including phenoxy) is 1. The number of hydrogen-bond donors (Lipinski definition) is 1. The Kier molecular flexibility index (Phi) is 5.58. The van der Waals surface area contributed by atoms with Crippen LogP contribution < -0.4 is 0 Å². The molecule has 0 amide bonds. The van der Waals surface area contributed by atoms with E-state index in [2.05, 4.69) is 6.92 Å². The van der Waals surface area contributed by atoms with Crippen LogP contribution in [0.5, 0.6) is 0 Å². The lowest BCUT2D eigenvalue weighted by atomic mass is 10.2. The van der Waals surface area contributed by atoms with E-state index in [0.29, 0.717) is 18.8 Å². The topological polar surface area (TPSA) is 72.8 Å². The molecule has 6 heteroatoms. The molecule has 0 aromatic heterocycles. The lowest BCUT2D eigenvalue weighted by molar-refractivity contribution is 0.119. The van der Waals surface area contributed by atoms with Crippen molar-refractivity contribution in [2.45, 2.75) is 38.4 Å². The molecule has 0 spiro atoms. The Morgan fingerprint density at radius 2 is 2.24 bits per heavy atom. The lowest BCUT2D eigenvalue weighted by Crippen LogP contribution is -2.16. The van der Waals surface area contributed by atoms with Crippen molar-refractivity contribution in [1.29, 1.82) is 0 Å². The Hall–Kier alpha value is -0.430. The number of unbranched alkanes of at least 4 members (excludes halogenated alkanes) is 1. The van der Waals surface area contributed by atoms with Gasteiger partial charge in [0.25, 0.3) is 10.1 Å². The first-order chi connectivity index (χ1) is 7.92. The minimum absolute atomic E-state index is 0.277. The Balaban J connectivity index is 2.41.